The van der Waals surface area contributed by atoms with E-state index in [0.29, 0.717) is 28.7 Å². The molecule has 1 aliphatic heterocycles. The van der Waals surface area contributed by atoms with Crippen LogP contribution in [-0.4, -0.2) is 41.8 Å². The Bertz CT molecular complexity index is 1370. The Hall–Kier alpha value is -4.43. The smallest absolute Gasteiger partial charge is 0.272 e. The third-order valence-electron chi connectivity index (χ3n) is 5.68. The van der Waals surface area contributed by atoms with Gasteiger partial charge >= 0.3 is 0 Å². The molecule has 0 aromatic heterocycles. The lowest BCUT2D eigenvalue weighted by atomic mass is 10.1. The molecule has 0 spiro atoms. The lowest BCUT2D eigenvalue weighted by Crippen LogP contribution is -2.37. The number of hydrogen-bond donors (Lipinski definition) is 2. The van der Waals surface area contributed by atoms with Gasteiger partial charge in [-0.2, -0.15) is 5.26 Å². The number of nitrogen functional groups attached to an aromatic ring is 2. The predicted molar refractivity (Wildman–Crippen MR) is 141 cm³/mol. The zero-order valence-electron chi connectivity index (χ0n) is 19.6. The van der Waals surface area contributed by atoms with E-state index in [2.05, 4.69) is 15.9 Å². The first-order valence-corrected chi connectivity index (χ1v) is 11.5. The first-order valence-electron chi connectivity index (χ1n) is 10.7. The maximum Gasteiger partial charge on any atom is 0.272 e. The number of nitro groups is 1. The lowest BCUT2D eigenvalue weighted by Gasteiger charge is -2.23. The molecule has 4 rings (SSSR count). The van der Waals surface area contributed by atoms with E-state index >= 15 is 0 Å². The van der Waals surface area contributed by atoms with Crippen molar-refractivity contribution in [1.29, 1.82) is 5.26 Å². The van der Waals surface area contributed by atoms with Gasteiger partial charge in [-0.15, -0.1) is 0 Å². The summed E-state index contributed by atoms with van der Waals surface area (Å²) in [4.78, 5) is 37.8. The monoisotopic (exact) mass is 550 g/mol. The first kappa shape index (κ1) is 26.2. The number of halogens is 1. The molecule has 3 aromatic rings. The van der Waals surface area contributed by atoms with E-state index in [9.17, 15) is 19.7 Å². The Morgan fingerprint density at radius 1 is 1.08 bits per heavy atom. The van der Waals surface area contributed by atoms with Crippen molar-refractivity contribution in [1.82, 2.24) is 4.90 Å². The van der Waals surface area contributed by atoms with Gasteiger partial charge in [0.05, 0.1) is 27.3 Å². The summed E-state index contributed by atoms with van der Waals surface area (Å²) in [5.41, 5.74) is 15.2. The second kappa shape index (κ2) is 10.9. The van der Waals surface area contributed by atoms with Gasteiger partial charge < -0.3 is 16.4 Å². The molecule has 4 N–H and O–H groups in total. The van der Waals surface area contributed by atoms with Crippen molar-refractivity contribution < 1.29 is 14.5 Å². The van der Waals surface area contributed by atoms with Crippen LogP contribution in [0.4, 0.5) is 22.7 Å². The third kappa shape index (κ3) is 5.45. The van der Waals surface area contributed by atoms with Crippen molar-refractivity contribution in [3.63, 3.8) is 0 Å². The molecule has 0 unspecified atom stereocenters. The van der Waals surface area contributed by atoms with Crippen LogP contribution in [0, 0.1) is 28.4 Å². The number of imide groups is 1. The van der Waals surface area contributed by atoms with E-state index in [1.165, 1.54) is 11.0 Å². The van der Waals surface area contributed by atoms with E-state index in [-0.39, 0.29) is 28.8 Å². The Labute approximate surface area is 216 Å². The quantitative estimate of drug-likeness (QED) is 0.207. The van der Waals surface area contributed by atoms with Gasteiger partial charge in [0.15, 0.2) is 0 Å². The van der Waals surface area contributed by atoms with Crippen molar-refractivity contribution in [2.24, 2.45) is 0 Å². The number of carbonyl (C=O) groups excluding carboxylic acids is 2. The number of fused-ring (bicyclic) bond motifs is 1. The molecule has 1 heterocycles. The summed E-state index contributed by atoms with van der Waals surface area (Å²) in [5.74, 6) is -0.431. The minimum Gasteiger partial charge on any atom is -0.399 e. The normalized spacial score (nSPS) is 11.9. The molecular formula is C25H23BrN6O4. The highest BCUT2D eigenvalue weighted by Gasteiger charge is 2.34. The Balaban J connectivity index is 0.000000236. The summed E-state index contributed by atoms with van der Waals surface area (Å²) in [5, 5.41) is 18.9. The summed E-state index contributed by atoms with van der Waals surface area (Å²) in [6, 6.07) is 16.9. The third-order valence-corrected chi connectivity index (χ3v) is 6.33. The summed E-state index contributed by atoms with van der Waals surface area (Å²) < 4.78 is 0.359. The zero-order chi connectivity index (χ0) is 26.6. The van der Waals surface area contributed by atoms with Crippen molar-refractivity contribution in [2.75, 3.05) is 36.5 Å². The number of aryl methyl sites for hydroxylation is 1. The number of anilines is 3. The van der Waals surface area contributed by atoms with Gasteiger partial charge in [-0.3, -0.25) is 24.6 Å². The van der Waals surface area contributed by atoms with Crippen molar-refractivity contribution in [2.45, 2.75) is 6.92 Å². The van der Waals surface area contributed by atoms with Crippen molar-refractivity contribution in [3.8, 4) is 6.07 Å². The molecule has 3 aromatic carbocycles. The number of carbonyl (C=O) groups is 2. The van der Waals surface area contributed by atoms with Gasteiger partial charge in [-0.25, -0.2) is 0 Å². The molecule has 36 heavy (non-hydrogen) atoms. The van der Waals surface area contributed by atoms with E-state index < -0.39 is 4.92 Å². The molecule has 0 saturated carbocycles. The standard InChI is InChI=1S/C18H19N3O2.C7H4BrN3O2/c1-12-11-13(7-8-16(12)19)20(2)9-10-21-17(22)14-5-3-4-6-15(14)18(21)23;8-6-2-5(11(12)13)1-4(3-9)7(6)10/h3-8,11H,9-10,19H2,1-2H3;1-2H,10H2. The summed E-state index contributed by atoms with van der Waals surface area (Å²) >= 11 is 3.03. The highest BCUT2D eigenvalue weighted by atomic mass is 79.9. The molecular weight excluding hydrogens is 528 g/mol. The molecule has 1 aliphatic rings. The minimum atomic E-state index is -0.578. The molecule has 0 atom stereocenters. The van der Waals surface area contributed by atoms with Crippen LogP contribution in [0.3, 0.4) is 0 Å². The number of hydrogen-bond acceptors (Lipinski definition) is 8. The maximum absolute atomic E-state index is 12.3. The Kier molecular flexibility index (Phi) is 7.91. The molecule has 2 amide bonds. The molecule has 184 valence electrons. The van der Waals surface area contributed by atoms with E-state index in [1.54, 1.807) is 30.3 Å². The number of amides is 2. The topological polar surface area (TPSA) is 160 Å². The highest BCUT2D eigenvalue weighted by molar-refractivity contribution is 9.10. The predicted octanol–water partition coefficient (Wildman–Crippen LogP) is 4.12. The molecule has 0 saturated heterocycles. The number of rotatable bonds is 5. The molecule has 11 heteroatoms. The average molecular weight is 551 g/mol. The van der Waals surface area contributed by atoms with Crippen LogP contribution in [0.2, 0.25) is 0 Å². The number of nitriles is 1. The second-order valence-corrected chi connectivity index (χ2v) is 8.88. The first-order chi connectivity index (χ1) is 17.0. The molecule has 0 fully saturated rings. The van der Waals surface area contributed by atoms with Crippen molar-refractivity contribution >= 4 is 50.5 Å². The van der Waals surface area contributed by atoms with Gasteiger partial charge in [0, 0.05) is 48.1 Å². The average Bonchev–Trinajstić information content (AvgIpc) is 3.10. The maximum atomic E-state index is 12.3. The highest BCUT2D eigenvalue weighted by Crippen LogP contribution is 2.28. The van der Waals surface area contributed by atoms with Crippen LogP contribution in [0.15, 0.2) is 59.1 Å². The number of nitro benzene ring substituents is 1. The van der Waals surface area contributed by atoms with Gasteiger partial charge in [-0.1, -0.05) is 12.1 Å². The van der Waals surface area contributed by atoms with E-state index in [0.717, 1.165) is 23.0 Å². The molecule has 0 radical (unpaired) electrons. The number of non-ortho nitro benzene ring substituents is 1. The zero-order valence-corrected chi connectivity index (χ0v) is 21.2. The molecule has 0 bridgehead atoms. The largest absolute Gasteiger partial charge is 0.399 e. The van der Waals surface area contributed by atoms with Crippen molar-refractivity contribution in [3.05, 3.63) is 91.4 Å². The number of nitrogens with two attached hydrogens (primary N) is 2. The van der Waals surface area contributed by atoms with Gasteiger partial charge in [0.2, 0.25) is 0 Å². The Morgan fingerprint density at radius 2 is 1.69 bits per heavy atom. The van der Waals surface area contributed by atoms with E-state index in [1.807, 2.05) is 37.1 Å². The fourth-order valence-corrected chi connectivity index (χ4v) is 3.97. The van der Waals surface area contributed by atoms with Crippen LogP contribution >= 0.6 is 15.9 Å². The summed E-state index contributed by atoms with van der Waals surface area (Å²) in [6.45, 7) is 2.87. The second-order valence-electron chi connectivity index (χ2n) is 8.03. The fraction of sp³-hybridized carbons (Fsp3) is 0.160. The van der Waals surface area contributed by atoms with Gasteiger partial charge in [0.25, 0.3) is 17.5 Å². The number of benzene rings is 3. The van der Waals surface area contributed by atoms with Crippen LogP contribution in [0.1, 0.15) is 31.8 Å². The van der Waals surface area contributed by atoms with Gasteiger partial charge in [-0.05, 0) is 58.7 Å². The summed E-state index contributed by atoms with van der Waals surface area (Å²) in [6.07, 6.45) is 0. The Morgan fingerprint density at radius 3 is 2.22 bits per heavy atom. The molecule has 10 nitrogen and oxygen atoms in total. The van der Waals surface area contributed by atoms with Gasteiger partial charge in [0.1, 0.15) is 6.07 Å². The number of nitrogens with zero attached hydrogens (tertiary/aromatic N) is 4. The number of likely N-dealkylation sites (N-methyl/N-ethyl adjacent to an activating group) is 1. The minimum absolute atomic E-state index is 0.0982. The lowest BCUT2D eigenvalue weighted by molar-refractivity contribution is -0.384. The summed E-state index contributed by atoms with van der Waals surface area (Å²) in [7, 11) is 1.93. The van der Waals surface area contributed by atoms with Crippen LogP contribution in [0.5, 0.6) is 0 Å². The fourth-order valence-electron chi connectivity index (χ4n) is 3.52. The van der Waals surface area contributed by atoms with Crippen LogP contribution in [0.25, 0.3) is 0 Å². The van der Waals surface area contributed by atoms with Crippen LogP contribution in [-0.2, 0) is 0 Å². The van der Waals surface area contributed by atoms with Crippen LogP contribution < -0.4 is 16.4 Å². The molecule has 0 aliphatic carbocycles. The van der Waals surface area contributed by atoms with E-state index in [4.69, 9.17) is 16.7 Å². The SMILES string of the molecule is Cc1cc(N(C)CCN2C(=O)c3ccccc3C2=O)ccc1N.N#Cc1cc([N+](=O)[O-])cc(Br)c1N.